The van der Waals surface area contributed by atoms with E-state index in [0.717, 1.165) is 54.8 Å². The quantitative estimate of drug-likeness (QED) is 0.286. The summed E-state index contributed by atoms with van der Waals surface area (Å²) < 4.78 is 0.00934. The van der Waals surface area contributed by atoms with E-state index in [2.05, 4.69) is 66.5 Å². The van der Waals surface area contributed by atoms with E-state index in [1.807, 2.05) is 0 Å². The number of carbonyl (C=O) groups excluding carboxylic acids is 1. The third kappa shape index (κ3) is 4.53. The van der Waals surface area contributed by atoms with E-state index in [-0.39, 0.29) is 22.1 Å². The van der Waals surface area contributed by atoms with Crippen molar-refractivity contribution >= 4 is 37.8 Å². The summed E-state index contributed by atoms with van der Waals surface area (Å²) >= 11 is 8.46. The summed E-state index contributed by atoms with van der Waals surface area (Å²) in [5, 5.41) is 11.3. The number of fused-ring (bicyclic) bond motifs is 5. The van der Waals surface area contributed by atoms with E-state index in [1.54, 1.807) is 0 Å². The molecule has 0 aromatic carbocycles. The first-order chi connectivity index (χ1) is 15.4. The molecule has 0 amide bonds. The summed E-state index contributed by atoms with van der Waals surface area (Å²) in [5.41, 5.74) is 0.759. The van der Waals surface area contributed by atoms with Gasteiger partial charge in [-0.15, -0.1) is 0 Å². The maximum absolute atomic E-state index is 11.3. The molecule has 190 valence electrons. The van der Waals surface area contributed by atoms with Gasteiger partial charge >= 0.3 is 0 Å². The number of carboxylic acid groups (broad SMARTS) is 1. The summed E-state index contributed by atoms with van der Waals surface area (Å²) in [6, 6.07) is 0. The van der Waals surface area contributed by atoms with Gasteiger partial charge in [-0.3, -0.25) is 0 Å². The van der Waals surface area contributed by atoms with Gasteiger partial charge in [-0.05, 0) is 110 Å². The molecule has 0 aliphatic heterocycles. The highest BCUT2D eigenvalue weighted by atomic mass is 79.9. The van der Waals surface area contributed by atoms with Gasteiger partial charge in [0.2, 0.25) is 0 Å². The van der Waals surface area contributed by atoms with E-state index in [0.29, 0.717) is 10.2 Å². The lowest BCUT2D eigenvalue weighted by atomic mass is 9.43. The number of hydrogen-bond donors (Lipinski definition) is 0. The fourth-order valence-electron chi connectivity index (χ4n) is 9.71. The molecule has 0 aromatic heterocycles. The van der Waals surface area contributed by atoms with Crippen molar-refractivity contribution in [2.75, 3.05) is 0 Å². The average Bonchev–Trinajstić information content (AvgIpc) is 3.07. The van der Waals surface area contributed by atoms with E-state index in [1.165, 1.54) is 51.4 Å². The van der Waals surface area contributed by atoms with Gasteiger partial charge in [0.15, 0.2) is 0 Å². The second-order valence-corrected chi connectivity index (χ2v) is 16.1. The van der Waals surface area contributed by atoms with Gasteiger partial charge in [0, 0.05) is 15.1 Å². The molecule has 0 bridgehead atoms. The third-order valence-corrected chi connectivity index (χ3v) is 15.0. The largest absolute Gasteiger partial charge is 0.550 e. The van der Waals surface area contributed by atoms with Crippen LogP contribution in [0.25, 0.3) is 0 Å². The predicted octanol–water partition coefficient (Wildman–Crippen LogP) is 7.75. The molecule has 0 N–H and O–H groups in total. The van der Waals surface area contributed by atoms with Crippen LogP contribution in [0.5, 0.6) is 0 Å². The van der Waals surface area contributed by atoms with Crippen molar-refractivity contribution < 1.29 is 9.90 Å². The van der Waals surface area contributed by atoms with Crippen molar-refractivity contribution in [3.8, 4) is 0 Å². The molecule has 0 aromatic rings. The Morgan fingerprint density at radius 2 is 1.76 bits per heavy atom. The molecular weight excluding hydrogens is 540 g/mol. The Balaban J connectivity index is 1.51. The molecule has 0 spiro atoms. The van der Waals surface area contributed by atoms with Crippen LogP contribution in [0.15, 0.2) is 0 Å². The Kier molecular flexibility index (Phi) is 7.80. The van der Waals surface area contributed by atoms with Crippen molar-refractivity contribution in [2.45, 2.75) is 121 Å². The van der Waals surface area contributed by atoms with Gasteiger partial charge in [-0.1, -0.05) is 85.7 Å². The van der Waals surface area contributed by atoms with Crippen molar-refractivity contribution in [3.05, 3.63) is 0 Å². The molecule has 4 aliphatic carbocycles. The Hall–Kier alpha value is 0.430. The van der Waals surface area contributed by atoms with Gasteiger partial charge in [0.25, 0.3) is 0 Å². The van der Waals surface area contributed by atoms with Crippen LogP contribution in [0.4, 0.5) is 0 Å². The van der Waals surface area contributed by atoms with Crippen molar-refractivity contribution in [2.24, 2.45) is 52.3 Å². The smallest absolute Gasteiger partial charge is 0.0441 e. The minimum Gasteiger partial charge on any atom is -0.550 e. The maximum atomic E-state index is 11.3. The minimum absolute atomic E-state index is 0.00934. The Bertz CT molecular complexity index is 724. The standard InChI is InChI=1S/C29H48Br2O2/c1-18(2)7-6-8-19(3)22-9-10-23-21-16-25(30)29(31)17-20(15-26(32)33)11-14-28(29,5)24(21)12-13-27(22,23)4/h18-25H,6-17H2,1-5H3,(H,32,33)/p-1/t19-,20-,21+,22-,23+,24+,25-,27-,28-,29+/m1/s1. The SMILES string of the molecule is CC(C)CCC[C@@H](C)[C@H]1CC[C@H]2[C@@H]3C[C@@H](Br)[C@@]4(Br)C[C@@H](CC(=O)[O-])CC[C@]4(C)[C@H]3CC[C@]12C. The van der Waals surface area contributed by atoms with Crippen molar-refractivity contribution in [1.29, 1.82) is 0 Å². The van der Waals surface area contributed by atoms with Crippen LogP contribution >= 0.6 is 31.9 Å². The van der Waals surface area contributed by atoms with Crippen LogP contribution in [-0.2, 0) is 4.79 Å². The molecule has 4 aliphatic rings. The van der Waals surface area contributed by atoms with Crippen LogP contribution in [0.1, 0.15) is 112 Å². The Labute approximate surface area is 220 Å². The highest BCUT2D eigenvalue weighted by Gasteiger charge is 2.66. The van der Waals surface area contributed by atoms with Gasteiger partial charge in [0.05, 0.1) is 0 Å². The lowest BCUT2D eigenvalue weighted by Gasteiger charge is -2.66. The van der Waals surface area contributed by atoms with Crippen LogP contribution in [0.3, 0.4) is 0 Å². The number of hydrogen-bond acceptors (Lipinski definition) is 2. The van der Waals surface area contributed by atoms with E-state index in [9.17, 15) is 9.90 Å². The molecule has 2 nitrogen and oxygen atoms in total. The van der Waals surface area contributed by atoms with Gasteiger partial charge < -0.3 is 9.90 Å². The summed E-state index contributed by atoms with van der Waals surface area (Å²) in [6.07, 6.45) is 14.4. The second-order valence-electron chi connectivity index (χ2n) is 13.6. The first kappa shape index (κ1) is 26.5. The summed E-state index contributed by atoms with van der Waals surface area (Å²) in [5.74, 6) is 4.38. The van der Waals surface area contributed by atoms with Crippen molar-refractivity contribution in [3.63, 3.8) is 0 Å². The zero-order valence-corrected chi connectivity index (χ0v) is 24.8. The number of carboxylic acids is 1. The molecular formula is C29H47Br2O2-. The monoisotopic (exact) mass is 585 g/mol. The zero-order valence-electron chi connectivity index (χ0n) is 21.7. The fraction of sp³-hybridized carbons (Fsp3) is 0.966. The minimum atomic E-state index is -0.882. The van der Waals surface area contributed by atoms with Crippen LogP contribution in [0, 0.1) is 52.3 Å². The van der Waals surface area contributed by atoms with E-state index >= 15 is 0 Å². The first-order valence-corrected chi connectivity index (χ1v) is 15.7. The van der Waals surface area contributed by atoms with E-state index < -0.39 is 5.97 Å². The molecule has 4 fully saturated rings. The normalized spacial score (nSPS) is 48.1. The topological polar surface area (TPSA) is 40.1 Å². The average molecular weight is 588 g/mol. The third-order valence-electron chi connectivity index (χ3n) is 11.5. The van der Waals surface area contributed by atoms with Crippen LogP contribution in [-0.4, -0.2) is 15.1 Å². The molecule has 4 rings (SSSR count). The molecule has 0 saturated heterocycles. The molecule has 33 heavy (non-hydrogen) atoms. The molecule has 0 radical (unpaired) electrons. The summed E-state index contributed by atoms with van der Waals surface area (Å²) in [4.78, 5) is 11.8. The first-order valence-electron chi connectivity index (χ1n) is 13.9. The molecule has 10 atom stereocenters. The molecule has 4 saturated carbocycles. The number of alkyl halides is 2. The van der Waals surface area contributed by atoms with Crippen LogP contribution < -0.4 is 5.11 Å². The molecule has 0 unspecified atom stereocenters. The Morgan fingerprint density at radius 1 is 1.03 bits per heavy atom. The summed E-state index contributed by atoms with van der Waals surface area (Å²) in [7, 11) is 0. The number of carbonyl (C=O) groups is 1. The van der Waals surface area contributed by atoms with E-state index in [4.69, 9.17) is 0 Å². The van der Waals surface area contributed by atoms with Crippen LogP contribution in [0.2, 0.25) is 0 Å². The lowest BCUT2D eigenvalue weighted by Crippen LogP contribution is -2.64. The highest BCUT2D eigenvalue weighted by Crippen LogP contribution is 2.72. The van der Waals surface area contributed by atoms with Gasteiger partial charge in [0.1, 0.15) is 0 Å². The predicted molar refractivity (Wildman–Crippen MR) is 142 cm³/mol. The van der Waals surface area contributed by atoms with Gasteiger partial charge in [-0.25, -0.2) is 0 Å². The summed E-state index contributed by atoms with van der Waals surface area (Å²) in [6.45, 7) is 12.5. The maximum Gasteiger partial charge on any atom is 0.0441 e. The van der Waals surface area contributed by atoms with Gasteiger partial charge in [-0.2, -0.15) is 0 Å². The zero-order chi connectivity index (χ0) is 24.2. The lowest BCUT2D eigenvalue weighted by molar-refractivity contribution is -0.307. The Morgan fingerprint density at radius 3 is 2.42 bits per heavy atom. The molecule has 4 heteroatoms. The second kappa shape index (κ2) is 9.71. The number of aliphatic carboxylic acids is 1. The van der Waals surface area contributed by atoms with Crippen molar-refractivity contribution in [1.82, 2.24) is 0 Å². The highest BCUT2D eigenvalue weighted by molar-refractivity contribution is 9.12. The molecule has 0 heterocycles. The number of halogens is 2. The number of rotatable bonds is 7. The fourth-order valence-corrected chi connectivity index (χ4v) is 12.0.